The van der Waals surface area contributed by atoms with Crippen molar-refractivity contribution in [3.63, 3.8) is 0 Å². The van der Waals surface area contributed by atoms with Gasteiger partial charge in [0.1, 0.15) is 0 Å². The number of carboxylic acid groups (broad SMARTS) is 1. The predicted octanol–water partition coefficient (Wildman–Crippen LogP) is 4.52. The second-order valence-corrected chi connectivity index (χ2v) is 6.14. The Bertz CT molecular complexity index is 319. The largest absolute Gasteiger partial charge is 0.481 e. The molecule has 0 rings (SSSR count). The summed E-state index contributed by atoms with van der Waals surface area (Å²) in [7, 11) is 0. The van der Waals surface area contributed by atoms with Gasteiger partial charge in [-0.25, -0.2) is 0 Å². The van der Waals surface area contributed by atoms with Gasteiger partial charge in [0.25, 0.3) is 0 Å². The molecule has 0 amide bonds. The highest BCUT2D eigenvalue weighted by molar-refractivity contribution is 5.81. The first-order valence-corrected chi connectivity index (χ1v) is 8.84. The second kappa shape index (κ2) is 11.5. The van der Waals surface area contributed by atoms with Gasteiger partial charge in [0.05, 0.1) is 18.4 Å². The molecule has 0 aromatic rings. The van der Waals surface area contributed by atoms with E-state index >= 15 is 0 Å². The Hall–Kier alpha value is -1.06. The monoisotopic (exact) mass is 314 g/mol. The van der Waals surface area contributed by atoms with Crippen LogP contribution in [-0.2, 0) is 14.3 Å². The van der Waals surface area contributed by atoms with E-state index in [0.717, 1.165) is 25.7 Å². The Balaban J connectivity index is 5.26. The minimum Gasteiger partial charge on any atom is -0.481 e. The zero-order valence-electron chi connectivity index (χ0n) is 14.9. The Morgan fingerprint density at radius 1 is 0.818 bits per heavy atom. The number of carboxylic acids is 1. The fourth-order valence-corrected chi connectivity index (χ4v) is 3.07. The summed E-state index contributed by atoms with van der Waals surface area (Å²) in [5.74, 6) is -1.64. The molecule has 2 atom stereocenters. The van der Waals surface area contributed by atoms with E-state index in [4.69, 9.17) is 4.74 Å². The normalized spacial score (nSPS) is 14.1. The van der Waals surface area contributed by atoms with Crippen molar-refractivity contribution in [3.05, 3.63) is 0 Å². The SMILES string of the molecule is CCOC(=O)C(CC(CC)CC)C(CC(CC)CC)C(=O)O. The summed E-state index contributed by atoms with van der Waals surface area (Å²) in [6.07, 6.45) is 4.99. The number of rotatable bonds is 12. The molecule has 0 aliphatic carbocycles. The highest BCUT2D eigenvalue weighted by atomic mass is 16.5. The first-order valence-electron chi connectivity index (χ1n) is 8.84. The maximum atomic E-state index is 12.3. The third-order valence-electron chi connectivity index (χ3n) is 4.88. The number of aliphatic carboxylic acids is 1. The molecule has 0 saturated heterocycles. The highest BCUT2D eigenvalue weighted by Crippen LogP contribution is 2.32. The van der Waals surface area contributed by atoms with Crippen molar-refractivity contribution in [2.24, 2.45) is 23.7 Å². The molecule has 0 radical (unpaired) electrons. The van der Waals surface area contributed by atoms with Crippen molar-refractivity contribution in [3.8, 4) is 0 Å². The first-order chi connectivity index (χ1) is 10.4. The molecule has 130 valence electrons. The molecule has 4 heteroatoms. The fraction of sp³-hybridized carbons (Fsp3) is 0.889. The topological polar surface area (TPSA) is 63.6 Å². The Morgan fingerprint density at radius 3 is 1.55 bits per heavy atom. The second-order valence-electron chi connectivity index (χ2n) is 6.14. The number of hydrogen-bond donors (Lipinski definition) is 1. The minimum absolute atomic E-state index is 0.301. The number of ether oxygens (including phenoxy) is 1. The number of carbonyl (C=O) groups excluding carboxylic acids is 1. The lowest BCUT2D eigenvalue weighted by atomic mass is 9.77. The van der Waals surface area contributed by atoms with Gasteiger partial charge in [-0.2, -0.15) is 0 Å². The Labute approximate surface area is 135 Å². The standard InChI is InChI=1S/C18H34O4/c1-6-13(7-2)11-15(17(19)20)16(18(21)22-10-5)12-14(8-3)9-4/h13-16H,6-12H2,1-5H3,(H,19,20). The van der Waals surface area contributed by atoms with E-state index in [1.165, 1.54) is 0 Å². The van der Waals surface area contributed by atoms with Crippen molar-refractivity contribution < 1.29 is 19.4 Å². The van der Waals surface area contributed by atoms with E-state index in [9.17, 15) is 14.7 Å². The van der Waals surface area contributed by atoms with Crippen molar-refractivity contribution in [2.75, 3.05) is 6.61 Å². The van der Waals surface area contributed by atoms with E-state index in [1.807, 2.05) is 0 Å². The van der Waals surface area contributed by atoms with Crippen LogP contribution < -0.4 is 0 Å². The summed E-state index contributed by atoms with van der Waals surface area (Å²) in [4.78, 5) is 24.1. The average Bonchev–Trinajstić information content (AvgIpc) is 2.50. The molecule has 1 N–H and O–H groups in total. The van der Waals surface area contributed by atoms with Gasteiger partial charge in [0, 0.05) is 0 Å². The van der Waals surface area contributed by atoms with Gasteiger partial charge in [-0.1, -0.05) is 53.4 Å². The van der Waals surface area contributed by atoms with Crippen LogP contribution in [0.1, 0.15) is 73.1 Å². The van der Waals surface area contributed by atoms with Crippen molar-refractivity contribution >= 4 is 11.9 Å². The van der Waals surface area contributed by atoms with Gasteiger partial charge in [-0.05, 0) is 31.6 Å². The van der Waals surface area contributed by atoms with Gasteiger partial charge in [0.15, 0.2) is 0 Å². The van der Waals surface area contributed by atoms with Crippen LogP contribution in [-0.4, -0.2) is 23.7 Å². The highest BCUT2D eigenvalue weighted by Gasteiger charge is 2.36. The summed E-state index contributed by atoms with van der Waals surface area (Å²) >= 11 is 0. The zero-order chi connectivity index (χ0) is 17.1. The van der Waals surface area contributed by atoms with Gasteiger partial charge in [-0.3, -0.25) is 9.59 Å². The van der Waals surface area contributed by atoms with E-state index < -0.39 is 17.8 Å². The zero-order valence-corrected chi connectivity index (χ0v) is 14.9. The molecule has 22 heavy (non-hydrogen) atoms. The van der Waals surface area contributed by atoms with E-state index in [0.29, 0.717) is 31.3 Å². The molecule has 2 unspecified atom stereocenters. The van der Waals surface area contributed by atoms with Gasteiger partial charge >= 0.3 is 11.9 Å². The lowest BCUT2D eigenvalue weighted by Crippen LogP contribution is -2.34. The van der Waals surface area contributed by atoms with E-state index in [2.05, 4.69) is 27.7 Å². The fourth-order valence-electron chi connectivity index (χ4n) is 3.07. The van der Waals surface area contributed by atoms with Crippen LogP contribution in [0.2, 0.25) is 0 Å². The molecule has 0 saturated carbocycles. The molecule has 0 bridgehead atoms. The van der Waals surface area contributed by atoms with Crippen LogP contribution in [0.3, 0.4) is 0 Å². The number of esters is 1. The van der Waals surface area contributed by atoms with Crippen LogP contribution in [0.25, 0.3) is 0 Å². The minimum atomic E-state index is -0.865. The molecule has 0 heterocycles. The van der Waals surface area contributed by atoms with Crippen LogP contribution in [0.5, 0.6) is 0 Å². The van der Waals surface area contributed by atoms with Gasteiger partial charge in [0.2, 0.25) is 0 Å². The third-order valence-corrected chi connectivity index (χ3v) is 4.88. The Morgan fingerprint density at radius 2 is 1.23 bits per heavy atom. The maximum absolute atomic E-state index is 12.3. The first kappa shape index (κ1) is 20.9. The molecular formula is C18H34O4. The number of hydrogen-bond acceptors (Lipinski definition) is 3. The molecule has 0 aromatic heterocycles. The molecule has 0 aliphatic rings. The van der Waals surface area contributed by atoms with Crippen molar-refractivity contribution in [2.45, 2.75) is 73.1 Å². The number of carbonyl (C=O) groups is 2. The summed E-state index contributed by atoms with van der Waals surface area (Å²) in [6.45, 7) is 10.4. The Kier molecular flexibility index (Phi) is 10.9. The van der Waals surface area contributed by atoms with E-state index in [-0.39, 0.29) is 5.97 Å². The lowest BCUT2D eigenvalue weighted by molar-refractivity contribution is -0.159. The van der Waals surface area contributed by atoms with Gasteiger partial charge in [-0.15, -0.1) is 0 Å². The molecule has 0 aromatic carbocycles. The summed E-state index contributed by atoms with van der Waals surface area (Å²) < 4.78 is 5.17. The maximum Gasteiger partial charge on any atom is 0.309 e. The molecular weight excluding hydrogens is 280 g/mol. The van der Waals surface area contributed by atoms with Crippen molar-refractivity contribution in [1.29, 1.82) is 0 Å². The van der Waals surface area contributed by atoms with Crippen molar-refractivity contribution in [1.82, 2.24) is 0 Å². The lowest BCUT2D eigenvalue weighted by Gasteiger charge is -2.28. The van der Waals surface area contributed by atoms with Crippen LogP contribution in [0.15, 0.2) is 0 Å². The summed E-state index contributed by atoms with van der Waals surface area (Å²) in [5.41, 5.74) is 0. The smallest absolute Gasteiger partial charge is 0.309 e. The predicted molar refractivity (Wildman–Crippen MR) is 88.6 cm³/mol. The third kappa shape index (κ3) is 6.80. The van der Waals surface area contributed by atoms with Gasteiger partial charge < -0.3 is 9.84 Å². The summed E-state index contributed by atoms with van der Waals surface area (Å²) in [6, 6.07) is 0. The van der Waals surface area contributed by atoms with Crippen LogP contribution in [0.4, 0.5) is 0 Å². The molecule has 0 aliphatic heterocycles. The summed E-state index contributed by atoms with van der Waals surface area (Å²) in [5, 5.41) is 9.65. The molecule has 0 spiro atoms. The molecule has 4 nitrogen and oxygen atoms in total. The van der Waals surface area contributed by atoms with Crippen LogP contribution >= 0.6 is 0 Å². The molecule has 0 fully saturated rings. The average molecular weight is 314 g/mol. The quantitative estimate of drug-likeness (QED) is 0.538. The van der Waals surface area contributed by atoms with E-state index in [1.54, 1.807) is 6.92 Å². The van der Waals surface area contributed by atoms with Crippen LogP contribution in [0, 0.1) is 23.7 Å².